The van der Waals surface area contributed by atoms with E-state index in [4.69, 9.17) is 10.3 Å². The molecular weight excluding hydrogens is 98.0 g/mol. The standard InChI is InChI=1S/C3H7NO3/c1-2(5)3(6)4-7/h2,5,7H,1H3,(H,4,6)/t2-/m0/s1. The Hall–Kier alpha value is -0.610. The van der Waals surface area contributed by atoms with Crippen LogP contribution in [0.1, 0.15) is 6.92 Å². The van der Waals surface area contributed by atoms with Crippen molar-refractivity contribution in [3.63, 3.8) is 0 Å². The van der Waals surface area contributed by atoms with Crippen molar-refractivity contribution in [1.82, 2.24) is 5.48 Å². The van der Waals surface area contributed by atoms with Gasteiger partial charge in [-0.25, -0.2) is 5.48 Å². The maximum atomic E-state index is 9.90. The zero-order valence-electron chi connectivity index (χ0n) is 3.88. The summed E-state index contributed by atoms with van der Waals surface area (Å²) in [5.74, 6) is -0.792. The molecule has 0 saturated carbocycles. The molecule has 0 aromatic heterocycles. The van der Waals surface area contributed by atoms with Crippen molar-refractivity contribution in [1.29, 1.82) is 0 Å². The van der Waals surface area contributed by atoms with Gasteiger partial charge in [-0.05, 0) is 6.92 Å². The summed E-state index contributed by atoms with van der Waals surface area (Å²) < 4.78 is 0. The number of hydrogen-bond acceptors (Lipinski definition) is 3. The predicted octanol–water partition coefficient (Wildman–Crippen LogP) is -1.13. The van der Waals surface area contributed by atoms with E-state index >= 15 is 0 Å². The largest absolute Gasteiger partial charge is 0.383 e. The van der Waals surface area contributed by atoms with E-state index in [9.17, 15) is 4.79 Å². The molecule has 0 aliphatic heterocycles. The average Bonchev–Trinajstić information content (AvgIpc) is 1.65. The van der Waals surface area contributed by atoms with Crippen molar-refractivity contribution in [2.75, 3.05) is 0 Å². The fraction of sp³-hybridized carbons (Fsp3) is 0.667. The highest BCUT2D eigenvalue weighted by atomic mass is 16.5. The number of aliphatic hydroxyl groups excluding tert-OH is 1. The molecule has 42 valence electrons. The molecule has 3 N–H and O–H groups in total. The molecule has 0 aliphatic rings. The zero-order chi connectivity index (χ0) is 5.86. The molecule has 0 radical (unpaired) electrons. The van der Waals surface area contributed by atoms with Crippen molar-refractivity contribution >= 4 is 5.91 Å². The summed E-state index contributed by atoms with van der Waals surface area (Å²) in [6.07, 6.45) is -1.13. The van der Waals surface area contributed by atoms with Crippen LogP contribution in [0.5, 0.6) is 0 Å². The van der Waals surface area contributed by atoms with Gasteiger partial charge in [0.2, 0.25) is 0 Å². The zero-order valence-corrected chi connectivity index (χ0v) is 3.88. The van der Waals surface area contributed by atoms with Gasteiger partial charge in [0.1, 0.15) is 6.10 Å². The third-order valence-electron chi connectivity index (χ3n) is 0.490. The van der Waals surface area contributed by atoms with Gasteiger partial charge in [-0.1, -0.05) is 0 Å². The van der Waals surface area contributed by atoms with E-state index in [1.807, 2.05) is 0 Å². The second-order valence-corrected chi connectivity index (χ2v) is 1.15. The van der Waals surface area contributed by atoms with Gasteiger partial charge in [0.15, 0.2) is 0 Å². The average molecular weight is 105 g/mol. The van der Waals surface area contributed by atoms with E-state index in [-0.39, 0.29) is 0 Å². The summed E-state index contributed by atoms with van der Waals surface area (Å²) in [7, 11) is 0. The summed E-state index contributed by atoms with van der Waals surface area (Å²) in [5.41, 5.74) is 1.28. The minimum Gasteiger partial charge on any atom is -0.383 e. The Morgan fingerprint density at radius 2 is 2.29 bits per heavy atom. The van der Waals surface area contributed by atoms with Crippen LogP contribution < -0.4 is 5.48 Å². The first-order chi connectivity index (χ1) is 3.18. The number of carbonyl (C=O) groups excluding carboxylic acids is 1. The lowest BCUT2D eigenvalue weighted by Crippen LogP contribution is -2.29. The van der Waals surface area contributed by atoms with Crippen LogP contribution in [0.25, 0.3) is 0 Å². The predicted molar refractivity (Wildman–Crippen MR) is 21.6 cm³/mol. The molecule has 0 saturated heterocycles. The Kier molecular flexibility index (Phi) is 2.32. The van der Waals surface area contributed by atoms with E-state index in [1.165, 1.54) is 12.4 Å². The quantitative estimate of drug-likeness (QED) is 0.292. The molecule has 0 aliphatic carbocycles. The smallest absolute Gasteiger partial charge is 0.271 e. The summed E-state index contributed by atoms with van der Waals surface area (Å²) >= 11 is 0. The molecule has 1 atom stereocenters. The van der Waals surface area contributed by atoms with Crippen LogP contribution in [-0.2, 0) is 4.79 Å². The minimum absolute atomic E-state index is 0.792. The van der Waals surface area contributed by atoms with Gasteiger partial charge in [-0.2, -0.15) is 0 Å². The molecule has 0 aromatic rings. The number of rotatable bonds is 1. The Labute approximate surface area is 40.7 Å². The number of hydroxylamine groups is 1. The lowest BCUT2D eigenvalue weighted by Gasteiger charge is -1.96. The molecule has 7 heavy (non-hydrogen) atoms. The maximum absolute atomic E-state index is 9.90. The molecule has 0 unspecified atom stereocenters. The fourth-order valence-corrected chi connectivity index (χ4v) is 0.0934. The van der Waals surface area contributed by atoms with Crippen LogP contribution >= 0.6 is 0 Å². The minimum atomic E-state index is -1.13. The normalized spacial score (nSPS) is 13.0. The van der Waals surface area contributed by atoms with Gasteiger partial charge in [0, 0.05) is 0 Å². The first kappa shape index (κ1) is 6.39. The maximum Gasteiger partial charge on any atom is 0.271 e. The van der Waals surface area contributed by atoms with E-state index in [0.29, 0.717) is 0 Å². The first-order valence-electron chi connectivity index (χ1n) is 1.80. The molecular formula is C3H7NO3. The monoisotopic (exact) mass is 105 g/mol. The van der Waals surface area contributed by atoms with Gasteiger partial charge in [-0.3, -0.25) is 10.0 Å². The number of hydrogen-bond donors (Lipinski definition) is 3. The van der Waals surface area contributed by atoms with Crippen molar-refractivity contribution < 1.29 is 15.1 Å². The second-order valence-electron chi connectivity index (χ2n) is 1.15. The Morgan fingerprint density at radius 3 is 2.29 bits per heavy atom. The molecule has 0 fully saturated rings. The summed E-state index contributed by atoms with van der Waals surface area (Å²) in [6, 6.07) is 0. The van der Waals surface area contributed by atoms with Crippen molar-refractivity contribution in [3.8, 4) is 0 Å². The molecule has 1 amide bonds. The number of aliphatic hydroxyl groups is 1. The highest BCUT2D eigenvalue weighted by Gasteiger charge is 2.03. The highest BCUT2D eigenvalue weighted by Crippen LogP contribution is 1.73. The van der Waals surface area contributed by atoms with Gasteiger partial charge in [-0.15, -0.1) is 0 Å². The van der Waals surface area contributed by atoms with Gasteiger partial charge < -0.3 is 5.11 Å². The van der Waals surface area contributed by atoms with Crippen LogP contribution in [0, 0.1) is 0 Å². The van der Waals surface area contributed by atoms with Crippen molar-refractivity contribution in [2.45, 2.75) is 13.0 Å². The topological polar surface area (TPSA) is 69.6 Å². The summed E-state index contributed by atoms with van der Waals surface area (Å²) in [5, 5.41) is 16.0. The van der Waals surface area contributed by atoms with Crippen molar-refractivity contribution in [3.05, 3.63) is 0 Å². The number of amides is 1. The molecule has 0 spiro atoms. The third-order valence-corrected chi connectivity index (χ3v) is 0.490. The van der Waals surface area contributed by atoms with Crippen LogP contribution in [0.15, 0.2) is 0 Å². The van der Waals surface area contributed by atoms with E-state index in [2.05, 4.69) is 0 Å². The Bertz CT molecular complexity index is 70.6. The molecule has 0 bridgehead atoms. The molecule has 0 heterocycles. The molecule has 4 heteroatoms. The van der Waals surface area contributed by atoms with Gasteiger partial charge in [0.05, 0.1) is 0 Å². The highest BCUT2D eigenvalue weighted by molar-refractivity contribution is 5.78. The van der Waals surface area contributed by atoms with Crippen LogP contribution in [0.2, 0.25) is 0 Å². The molecule has 0 rings (SSSR count). The second kappa shape index (κ2) is 2.54. The van der Waals surface area contributed by atoms with E-state index in [0.717, 1.165) is 0 Å². The van der Waals surface area contributed by atoms with Crippen molar-refractivity contribution in [2.24, 2.45) is 0 Å². The van der Waals surface area contributed by atoms with Crippen LogP contribution in [0.3, 0.4) is 0 Å². The Balaban J connectivity index is 3.35. The Morgan fingerprint density at radius 1 is 1.86 bits per heavy atom. The SMILES string of the molecule is C[C@H](O)C(=O)NO. The lowest BCUT2D eigenvalue weighted by molar-refractivity contribution is -0.136. The lowest BCUT2D eigenvalue weighted by atomic mass is 10.4. The van der Waals surface area contributed by atoms with Gasteiger partial charge in [0.25, 0.3) is 5.91 Å². The summed E-state index contributed by atoms with van der Waals surface area (Å²) in [6.45, 7) is 1.26. The van der Waals surface area contributed by atoms with Crippen LogP contribution in [-0.4, -0.2) is 22.3 Å². The molecule has 4 nitrogen and oxygen atoms in total. The van der Waals surface area contributed by atoms with E-state index in [1.54, 1.807) is 0 Å². The number of nitrogens with one attached hydrogen (secondary N) is 1. The molecule has 0 aromatic carbocycles. The fourth-order valence-electron chi connectivity index (χ4n) is 0.0934. The first-order valence-corrected chi connectivity index (χ1v) is 1.80. The van der Waals surface area contributed by atoms with Crippen LogP contribution in [0.4, 0.5) is 0 Å². The third kappa shape index (κ3) is 2.13. The van der Waals surface area contributed by atoms with Gasteiger partial charge >= 0.3 is 0 Å². The summed E-state index contributed by atoms with van der Waals surface area (Å²) in [4.78, 5) is 9.90. The van der Waals surface area contributed by atoms with E-state index < -0.39 is 12.0 Å². The number of carbonyl (C=O) groups is 1.